The van der Waals surface area contributed by atoms with Crippen molar-refractivity contribution in [2.24, 2.45) is 0 Å². The Morgan fingerprint density at radius 1 is 1.50 bits per heavy atom. The molecular formula is C13H16N2O. The summed E-state index contributed by atoms with van der Waals surface area (Å²) in [4.78, 5) is 2.21. The van der Waals surface area contributed by atoms with Crippen molar-refractivity contribution in [1.82, 2.24) is 0 Å². The SMILES string of the molecule is CN(c1cccc(C#N)c1)C1CCCOC1. The third-order valence-corrected chi connectivity index (χ3v) is 3.07. The van der Waals surface area contributed by atoms with E-state index < -0.39 is 0 Å². The number of rotatable bonds is 2. The Bertz CT molecular complexity index is 391. The van der Waals surface area contributed by atoms with Crippen LogP contribution in [0.25, 0.3) is 0 Å². The Balaban J connectivity index is 2.13. The Kier molecular flexibility index (Phi) is 3.43. The Labute approximate surface area is 96.2 Å². The lowest BCUT2D eigenvalue weighted by molar-refractivity contribution is 0.0807. The lowest BCUT2D eigenvalue weighted by Gasteiger charge is -2.32. The van der Waals surface area contributed by atoms with Crippen LogP contribution in [0.1, 0.15) is 18.4 Å². The molecule has 84 valence electrons. The molecular weight excluding hydrogens is 200 g/mol. The van der Waals surface area contributed by atoms with Crippen LogP contribution in [0, 0.1) is 11.3 Å². The maximum atomic E-state index is 8.86. The monoisotopic (exact) mass is 216 g/mol. The van der Waals surface area contributed by atoms with Crippen LogP contribution in [0.15, 0.2) is 24.3 Å². The summed E-state index contributed by atoms with van der Waals surface area (Å²) in [6.45, 7) is 1.66. The van der Waals surface area contributed by atoms with E-state index in [1.54, 1.807) is 0 Å². The van der Waals surface area contributed by atoms with Crippen LogP contribution < -0.4 is 4.90 Å². The van der Waals surface area contributed by atoms with Crippen molar-refractivity contribution in [2.45, 2.75) is 18.9 Å². The molecule has 0 amide bonds. The fourth-order valence-electron chi connectivity index (χ4n) is 2.03. The van der Waals surface area contributed by atoms with E-state index >= 15 is 0 Å². The zero-order chi connectivity index (χ0) is 11.4. The maximum Gasteiger partial charge on any atom is 0.0992 e. The second-order valence-electron chi connectivity index (χ2n) is 4.14. The fraction of sp³-hybridized carbons (Fsp3) is 0.462. The topological polar surface area (TPSA) is 36.3 Å². The second-order valence-corrected chi connectivity index (χ2v) is 4.14. The van der Waals surface area contributed by atoms with Gasteiger partial charge < -0.3 is 9.64 Å². The van der Waals surface area contributed by atoms with E-state index in [2.05, 4.69) is 18.0 Å². The van der Waals surface area contributed by atoms with Crippen LogP contribution >= 0.6 is 0 Å². The summed E-state index contributed by atoms with van der Waals surface area (Å²) in [5.41, 5.74) is 1.80. The molecule has 3 nitrogen and oxygen atoms in total. The summed E-state index contributed by atoms with van der Waals surface area (Å²) in [5.74, 6) is 0. The number of anilines is 1. The smallest absolute Gasteiger partial charge is 0.0992 e. The summed E-state index contributed by atoms with van der Waals surface area (Å²) in [6, 6.07) is 10.3. The van der Waals surface area contributed by atoms with E-state index in [4.69, 9.17) is 10.00 Å². The van der Waals surface area contributed by atoms with Crippen LogP contribution in [0.3, 0.4) is 0 Å². The largest absolute Gasteiger partial charge is 0.379 e. The standard InChI is InChI=1S/C13H16N2O/c1-15(13-6-3-7-16-10-13)12-5-2-4-11(8-12)9-14/h2,4-5,8,13H,3,6-7,10H2,1H3. The number of nitriles is 1. The highest BCUT2D eigenvalue weighted by molar-refractivity contribution is 5.51. The third-order valence-electron chi connectivity index (χ3n) is 3.07. The Morgan fingerprint density at radius 3 is 3.06 bits per heavy atom. The molecule has 3 heteroatoms. The molecule has 1 fully saturated rings. The van der Waals surface area contributed by atoms with Crippen LogP contribution in [0.2, 0.25) is 0 Å². The number of benzene rings is 1. The van der Waals surface area contributed by atoms with Crippen molar-refractivity contribution in [3.8, 4) is 6.07 Å². The zero-order valence-corrected chi connectivity index (χ0v) is 9.52. The zero-order valence-electron chi connectivity index (χ0n) is 9.52. The molecule has 0 N–H and O–H groups in total. The van der Waals surface area contributed by atoms with Gasteiger partial charge in [0.1, 0.15) is 0 Å². The van der Waals surface area contributed by atoms with Crippen LogP contribution in [-0.2, 0) is 4.74 Å². The number of ether oxygens (including phenoxy) is 1. The third kappa shape index (κ3) is 2.34. The van der Waals surface area contributed by atoms with E-state index in [1.807, 2.05) is 24.3 Å². The molecule has 1 aromatic carbocycles. The van der Waals surface area contributed by atoms with Gasteiger partial charge in [0.2, 0.25) is 0 Å². The van der Waals surface area contributed by atoms with Crippen molar-refractivity contribution >= 4 is 5.69 Å². The Hall–Kier alpha value is -1.53. The van der Waals surface area contributed by atoms with Gasteiger partial charge in [-0.3, -0.25) is 0 Å². The normalized spacial score (nSPS) is 20.1. The van der Waals surface area contributed by atoms with Crippen molar-refractivity contribution in [3.05, 3.63) is 29.8 Å². The van der Waals surface area contributed by atoms with Crippen LogP contribution in [0.5, 0.6) is 0 Å². The molecule has 1 aliphatic rings. The number of likely N-dealkylation sites (N-methyl/N-ethyl adjacent to an activating group) is 1. The molecule has 0 radical (unpaired) electrons. The molecule has 0 saturated carbocycles. The van der Waals surface area contributed by atoms with Gasteiger partial charge >= 0.3 is 0 Å². The summed E-state index contributed by atoms with van der Waals surface area (Å²) in [5, 5.41) is 8.86. The minimum Gasteiger partial charge on any atom is -0.379 e. The lowest BCUT2D eigenvalue weighted by atomic mass is 10.1. The van der Waals surface area contributed by atoms with Gasteiger partial charge in [-0.1, -0.05) is 6.07 Å². The minimum absolute atomic E-state index is 0.433. The maximum absolute atomic E-state index is 8.86. The molecule has 1 saturated heterocycles. The first-order valence-electron chi connectivity index (χ1n) is 5.62. The van der Waals surface area contributed by atoms with E-state index in [1.165, 1.54) is 0 Å². The van der Waals surface area contributed by atoms with Gasteiger partial charge in [-0.25, -0.2) is 0 Å². The molecule has 0 spiro atoms. The molecule has 1 unspecified atom stereocenters. The molecule has 1 aliphatic heterocycles. The molecule has 1 heterocycles. The fourth-order valence-corrected chi connectivity index (χ4v) is 2.03. The summed E-state index contributed by atoms with van der Waals surface area (Å²) in [7, 11) is 2.07. The molecule has 2 rings (SSSR count). The molecule has 1 aromatic rings. The van der Waals surface area contributed by atoms with E-state index in [-0.39, 0.29) is 0 Å². The lowest BCUT2D eigenvalue weighted by Crippen LogP contribution is -2.38. The highest BCUT2D eigenvalue weighted by Crippen LogP contribution is 2.21. The predicted molar refractivity (Wildman–Crippen MR) is 63.4 cm³/mol. The Morgan fingerprint density at radius 2 is 2.38 bits per heavy atom. The van der Waals surface area contributed by atoms with Gasteiger partial charge in [0.05, 0.1) is 24.3 Å². The summed E-state index contributed by atoms with van der Waals surface area (Å²) in [6.07, 6.45) is 2.28. The highest BCUT2D eigenvalue weighted by Gasteiger charge is 2.18. The first-order valence-corrected chi connectivity index (χ1v) is 5.62. The van der Waals surface area contributed by atoms with Gasteiger partial charge in [-0.2, -0.15) is 5.26 Å². The van der Waals surface area contributed by atoms with E-state index in [9.17, 15) is 0 Å². The van der Waals surface area contributed by atoms with Gasteiger partial charge in [-0.05, 0) is 31.0 Å². The molecule has 0 bridgehead atoms. The quantitative estimate of drug-likeness (QED) is 0.760. The van der Waals surface area contributed by atoms with Crippen molar-refractivity contribution in [1.29, 1.82) is 5.26 Å². The van der Waals surface area contributed by atoms with E-state index in [0.717, 1.165) is 31.7 Å². The molecule has 16 heavy (non-hydrogen) atoms. The van der Waals surface area contributed by atoms with Crippen molar-refractivity contribution < 1.29 is 4.74 Å². The molecule has 0 aromatic heterocycles. The molecule has 0 aliphatic carbocycles. The highest BCUT2D eigenvalue weighted by atomic mass is 16.5. The second kappa shape index (κ2) is 5.00. The molecule has 1 atom stereocenters. The average molecular weight is 216 g/mol. The summed E-state index contributed by atoms with van der Waals surface area (Å²) >= 11 is 0. The first-order chi connectivity index (χ1) is 7.81. The van der Waals surface area contributed by atoms with Crippen molar-refractivity contribution in [3.63, 3.8) is 0 Å². The predicted octanol–water partition coefficient (Wildman–Crippen LogP) is 2.17. The number of hydrogen-bond donors (Lipinski definition) is 0. The minimum atomic E-state index is 0.433. The van der Waals surface area contributed by atoms with E-state index in [0.29, 0.717) is 11.6 Å². The number of nitrogens with zero attached hydrogens (tertiary/aromatic N) is 2. The number of hydrogen-bond acceptors (Lipinski definition) is 3. The van der Waals surface area contributed by atoms with Gasteiger partial charge in [-0.15, -0.1) is 0 Å². The van der Waals surface area contributed by atoms with Crippen LogP contribution in [-0.4, -0.2) is 26.3 Å². The van der Waals surface area contributed by atoms with Gasteiger partial charge in [0, 0.05) is 19.3 Å². The van der Waals surface area contributed by atoms with Gasteiger partial charge in [0.25, 0.3) is 0 Å². The first kappa shape index (κ1) is 11.0. The van der Waals surface area contributed by atoms with Gasteiger partial charge in [0.15, 0.2) is 0 Å². The van der Waals surface area contributed by atoms with Crippen LogP contribution in [0.4, 0.5) is 5.69 Å². The summed E-state index contributed by atoms with van der Waals surface area (Å²) < 4.78 is 5.47. The van der Waals surface area contributed by atoms with Crippen molar-refractivity contribution in [2.75, 3.05) is 25.2 Å². The average Bonchev–Trinajstić information content (AvgIpc) is 2.39.